The Balaban J connectivity index is 0.000000184. The van der Waals surface area contributed by atoms with Gasteiger partial charge in [-0.25, -0.2) is 0 Å². The highest BCUT2D eigenvalue weighted by Gasteiger charge is 2.34. The van der Waals surface area contributed by atoms with Gasteiger partial charge in [-0.2, -0.15) is 13.5 Å². The average molecular weight is 623 g/mol. The smallest absolute Gasteiger partial charge is 0.0158 e. The van der Waals surface area contributed by atoms with Crippen LogP contribution in [0.2, 0.25) is 0 Å². The predicted molar refractivity (Wildman–Crippen MR) is 209 cm³/mol. The van der Waals surface area contributed by atoms with E-state index in [-0.39, 0.29) is 18.9 Å². The molecule has 0 radical (unpaired) electrons. The molecule has 8 aromatic carbocycles. The minimum Gasteiger partial charge on any atom is -0.197 e. The first kappa shape index (κ1) is 30.5. The van der Waals surface area contributed by atoms with Crippen LogP contribution in [0.3, 0.4) is 0 Å². The van der Waals surface area contributed by atoms with Crippen molar-refractivity contribution < 1.29 is 0 Å². The molecular formula is C46H38S. The van der Waals surface area contributed by atoms with Crippen molar-refractivity contribution in [2.75, 3.05) is 0 Å². The molecule has 0 saturated carbocycles. The second-order valence-electron chi connectivity index (χ2n) is 13.0. The highest BCUT2D eigenvalue weighted by atomic mass is 32.1. The minimum absolute atomic E-state index is 0. The molecular weight excluding hydrogens is 585 g/mol. The van der Waals surface area contributed by atoms with E-state index in [9.17, 15) is 0 Å². The van der Waals surface area contributed by atoms with Crippen molar-refractivity contribution in [3.63, 3.8) is 0 Å². The lowest BCUT2D eigenvalue weighted by atomic mass is 9.82. The van der Waals surface area contributed by atoms with E-state index in [2.05, 4.69) is 185 Å². The molecule has 8 aromatic rings. The van der Waals surface area contributed by atoms with Crippen molar-refractivity contribution in [3.05, 3.63) is 180 Å². The van der Waals surface area contributed by atoms with E-state index in [0.717, 1.165) is 0 Å². The van der Waals surface area contributed by atoms with Crippen molar-refractivity contribution in [3.8, 4) is 33.4 Å². The zero-order valence-corrected chi connectivity index (χ0v) is 28.1. The molecule has 0 heterocycles. The molecule has 228 valence electrons. The Bertz CT molecular complexity index is 2300. The van der Waals surface area contributed by atoms with E-state index in [1.165, 1.54) is 82.4 Å². The number of fused-ring (bicyclic) bond motifs is 6. The van der Waals surface area contributed by atoms with Gasteiger partial charge in [0.1, 0.15) is 0 Å². The molecule has 0 unspecified atom stereocenters. The second kappa shape index (κ2) is 12.2. The summed E-state index contributed by atoms with van der Waals surface area (Å²) in [5.74, 6) is 0. The minimum atomic E-state index is 0. The Hall–Kier alpha value is -5.11. The maximum absolute atomic E-state index is 2.30. The molecule has 0 fully saturated rings. The third-order valence-corrected chi connectivity index (χ3v) is 9.79. The fourth-order valence-corrected chi connectivity index (χ4v) is 7.64. The molecule has 0 saturated heterocycles. The summed E-state index contributed by atoms with van der Waals surface area (Å²) in [5.41, 5.74) is 12.3. The topological polar surface area (TPSA) is 0 Å². The molecule has 0 spiro atoms. The third kappa shape index (κ3) is 5.12. The normalized spacial score (nSPS) is 12.6. The summed E-state index contributed by atoms with van der Waals surface area (Å²) < 4.78 is 0. The van der Waals surface area contributed by atoms with Gasteiger partial charge in [-0.1, -0.05) is 183 Å². The van der Waals surface area contributed by atoms with Crippen LogP contribution >= 0.6 is 13.5 Å². The maximum Gasteiger partial charge on any atom is 0.0158 e. The molecule has 0 nitrogen and oxygen atoms in total. The van der Waals surface area contributed by atoms with E-state index in [1.54, 1.807) is 0 Å². The fourth-order valence-electron chi connectivity index (χ4n) is 7.64. The van der Waals surface area contributed by atoms with Crippen LogP contribution in [0.15, 0.2) is 164 Å². The number of hydrogen-bond donors (Lipinski definition) is 0. The van der Waals surface area contributed by atoms with Gasteiger partial charge in [0.15, 0.2) is 0 Å². The van der Waals surface area contributed by atoms with Gasteiger partial charge in [0.05, 0.1) is 0 Å². The second-order valence-corrected chi connectivity index (χ2v) is 13.0. The molecule has 0 bridgehead atoms. The molecule has 47 heavy (non-hydrogen) atoms. The lowest BCUT2D eigenvalue weighted by Crippen LogP contribution is -2.14. The van der Waals surface area contributed by atoms with Gasteiger partial charge >= 0.3 is 0 Å². The highest BCUT2D eigenvalue weighted by molar-refractivity contribution is 7.59. The Morgan fingerprint density at radius 3 is 1.38 bits per heavy atom. The Morgan fingerprint density at radius 1 is 0.383 bits per heavy atom. The molecule has 0 aliphatic heterocycles. The summed E-state index contributed by atoms with van der Waals surface area (Å²) in [6.07, 6.45) is 0. The molecule has 1 aliphatic rings. The Kier molecular flexibility index (Phi) is 7.96. The monoisotopic (exact) mass is 622 g/mol. The van der Waals surface area contributed by atoms with Gasteiger partial charge in [-0.3, -0.25) is 0 Å². The van der Waals surface area contributed by atoms with E-state index in [0.29, 0.717) is 0 Å². The van der Waals surface area contributed by atoms with Crippen molar-refractivity contribution in [1.82, 2.24) is 0 Å². The average Bonchev–Trinajstić information content (AvgIpc) is 3.33. The van der Waals surface area contributed by atoms with Gasteiger partial charge in [0.2, 0.25) is 0 Å². The van der Waals surface area contributed by atoms with Gasteiger partial charge in [0.25, 0.3) is 0 Å². The van der Waals surface area contributed by atoms with Crippen molar-refractivity contribution in [1.29, 1.82) is 0 Å². The molecule has 0 atom stereocenters. The molecule has 0 amide bonds. The van der Waals surface area contributed by atoms with Crippen LogP contribution in [0, 0.1) is 6.92 Å². The number of benzene rings is 8. The summed E-state index contributed by atoms with van der Waals surface area (Å²) in [7, 11) is 0. The molecule has 1 aliphatic carbocycles. The Labute approximate surface area is 284 Å². The quantitative estimate of drug-likeness (QED) is 0.168. The fraction of sp³-hybridized carbons (Fsp3) is 0.0870. The van der Waals surface area contributed by atoms with E-state index in [1.807, 2.05) is 0 Å². The van der Waals surface area contributed by atoms with Crippen LogP contribution in [0.5, 0.6) is 0 Å². The summed E-state index contributed by atoms with van der Waals surface area (Å²) >= 11 is 0. The lowest BCUT2D eigenvalue weighted by molar-refractivity contribution is 0.660. The van der Waals surface area contributed by atoms with E-state index < -0.39 is 0 Å². The van der Waals surface area contributed by atoms with Gasteiger partial charge in [0, 0.05) is 5.41 Å². The van der Waals surface area contributed by atoms with Gasteiger partial charge in [-0.05, 0) is 83.7 Å². The molecule has 0 N–H and O–H groups in total. The van der Waals surface area contributed by atoms with Crippen molar-refractivity contribution in [2.45, 2.75) is 26.2 Å². The van der Waals surface area contributed by atoms with Crippen LogP contribution in [0.1, 0.15) is 30.5 Å². The Morgan fingerprint density at radius 2 is 0.809 bits per heavy atom. The lowest BCUT2D eigenvalue weighted by Gasteiger charge is -2.20. The van der Waals surface area contributed by atoms with E-state index >= 15 is 0 Å². The zero-order chi connectivity index (χ0) is 31.3. The van der Waals surface area contributed by atoms with Gasteiger partial charge in [-0.15, -0.1) is 0 Å². The van der Waals surface area contributed by atoms with Crippen molar-refractivity contribution >= 4 is 45.8 Å². The van der Waals surface area contributed by atoms with Crippen LogP contribution in [-0.4, -0.2) is 0 Å². The summed E-state index contributed by atoms with van der Waals surface area (Å²) in [6, 6.07) is 59.4. The zero-order valence-electron chi connectivity index (χ0n) is 27.1. The SMILES string of the molecule is CC1(C)c2ccccc2-c2ccccc21.Cc1cccc(-c2c3ccccc3c(-c3cccc4ccccc34)c3ccccc23)c1.S. The summed E-state index contributed by atoms with van der Waals surface area (Å²) in [4.78, 5) is 0. The molecule has 0 aromatic heterocycles. The number of aryl methyl sites for hydroxylation is 1. The molecule has 1 heteroatoms. The first-order valence-corrected chi connectivity index (χ1v) is 16.2. The first-order chi connectivity index (χ1) is 22.5. The van der Waals surface area contributed by atoms with Crippen LogP contribution in [0.4, 0.5) is 0 Å². The summed E-state index contributed by atoms with van der Waals surface area (Å²) in [5, 5.41) is 7.77. The van der Waals surface area contributed by atoms with Crippen LogP contribution in [-0.2, 0) is 5.41 Å². The largest absolute Gasteiger partial charge is 0.197 e. The van der Waals surface area contributed by atoms with E-state index in [4.69, 9.17) is 0 Å². The summed E-state index contributed by atoms with van der Waals surface area (Å²) in [6.45, 7) is 6.77. The third-order valence-electron chi connectivity index (χ3n) is 9.79. The number of rotatable bonds is 2. The van der Waals surface area contributed by atoms with Crippen LogP contribution in [0.25, 0.3) is 65.7 Å². The standard InChI is InChI=1S/C31H22.C15H14.H2S/c1-21-10-8-13-23(20-21)30-26-15-4-6-17-28(26)31(29-18-7-5-16-27(29)30)25-19-9-12-22-11-2-3-14-24(22)25;1-15(2)13-9-5-3-7-11(13)12-8-4-6-10-14(12)15;/h2-20H,1H3;3-10H,1-2H3;1H2. The number of hydrogen-bond acceptors (Lipinski definition) is 0. The van der Waals surface area contributed by atoms with Crippen LogP contribution < -0.4 is 0 Å². The molecule has 9 rings (SSSR count). The van der Waals surface area contributed by atoms with Gasteiger partial charge < -0.3 is 0 Å². The van der Waals surface area contributed by atoms with Crippen molar-refractivity contribution in [2.24, 2.45) is 0 Å². The maximum atomic E-state index is 2.30. The predicted octanol–water partition coefficient (Wildman–Crippen LogP) is 12.9. The first-order valence-electron chi connectivity index (χ1n) is 16.2. The highest BCUT2D eigenvalue weighted by Crippen LogP contribution is 2.48.